The largest absolute Gasteiger partial charge is 0.744 e. The van der Waals surface area contributed by atoms with Crippen LogP contribution in [0.4, 0.5) is 11.4 Å². The van der Waals surface area contributed by atoms with E-state index in [1.807, 2.05) is 28.2 Å². The van der Waals surface area contributed by atoms with Crippen LogP contribution in [0.5, 0.6) is 11.5 Å². The molecular formula is C20H20N2O4. The van der Waals surface area contributed by atoms with Gasteiger partial charge in [0.05, 0.1) is 11.1 Å². The Hall–Kier alpha value is -3.08. The molecule has 1 aliphatic rings. The van der Waals surface area contributed by atoms with E-state index >= 15 is 0 Å². The van der Waals surface area contributed by atoms with E-state index in [1.165, 1.54) is 12.1 Å². The van der Waals surface area contributed by atoms with Gasteiger partial charge in [0.1, 0.15) is 11.5 Å². The number of phenolic OH excluding ortho intramolecular Hbond substituents is 2. The summed E-state index contributed by atoms with van der Waals surface area (Å²) in [7, 11) is 7.27. The SMILES string of the molecule is CN(C)c1ccc(C2(c3ccc(N(C)C)cc3O)C([O-])=[C+][C+]2[O-])c(O)c1. The molecule has 6 heteroatoms. The zero-order chi connectivity index (χ0) is 19.2. The maximum Gasteiger partial charge on any atom is 0.449 e. The van der Waals surface area contributed by atoms with Gasteiger partial charge in [-0.3, -0.25) is 0 Å². The Morgan fingerprint density at radius 3 is 1.58 bits per heavy atom. The lowest BCUT2D eigenvalue weighted by atomic mass is 9.61. The molecule has 0 radical (unpaired) electrons. The molecule has 0 saturated carbocycles. The Morgan fingerprint density at radius 1 is 0.885 bits per heavy atom. The minimum atomic E-state index is -1.76. The molecule has 26 heavy (non-hydrogen) atoms. The van der Waals surface area contributed by atoms with Crippen LogP contribution >= 0.6 is 0 Å². The second-order valence-electron chi connectivity index (χ2n) is 6.73. The highest BCUT2D eigenvalue weighted by Crippen LogP contribution is 2.54. The number of phenols is 2. The molecule has 6 nitrogen and oxygen atoms in total. The van der Waals surface area contributed by atoms with Gasteiger partial charge in [0.25, 0.3) is 11.5 Å². The first-order chi connectivity index (χ1) is 12.2. The topological polar surface area (TPSA) is 93.1 Å². The molecule has 0 aliphatic heterocycles. The highest BCUT2D eigenvalue weighted by Gasteiger charge is 2.69. The Labute approximate surface area is 152 Å². The molecule has 134 valence electrons. The summed E-state index contributed by atoms with van der Waals surface area (Å²) in [6, 6.07) is 9.48. The van der Waals surface area contributed by atoms with Crippen molar-refractivity contribution in [2.24, 2.45) is 0 Å². The third kappa shape index (κ3) is 2.39. The average molecular weight is 352 g/mol. The number of aromatic hydroxyl groups is 2. The van der Waals surface area contributed by atoms with Crippen molar-refractivity contribution >= 4 is 11.4 Å². The number of rotatable bonds is 4. The predicted molar refractivity (Wildman–Crippen MR) is 95.6 cm³/mol. The molecule has 1 aliphatic carbocycles. The summed E-state index contributed by atoms with van der Waals surface area (Å²) in [6.07, 6.45) is 1.62. The number of benzene rings is 2. The Morgan fingerprint density at radius 2 is 1.31 bits per heavy atom. The lowest BCUT2D eigenvalue weighted by molar-refractivity contribution is -0.397. The van der Waals surface area contributed by atoms with Crippen molar-refractivity contribution in [2.75, 3.05) is 38.0 Å². The van der Waals surface area contributed by atoms with E-state index in [1.54, 1.807) is 34.1 Å². The Kier molecular flexibility index (Phi) is 4.11. The number of hydrogen-bond donors (Lipinski definition) is 2. The van der Waals surface area contributed by atoms with Crippen LogP contribution in [0.15, 0.2) is 42.2 Å². The molecule has 2 aromatic rings. The summed E-state index contributed by atoms with van der Waals surface area (Å²) in [5.74, 6) is -0.950. The normalized spacial score (nSPS) is 15.0. The molecule has 0 heterocycles. The van der Waals surface area contributed by atoms with Gasteiger partial charge in [0.2, 0.25) is 0 Å². The van der Waals surface area contributed by atoms with Crippen molar-refractivity contribution in [3.05, 3.63) is 65.5 Å². The molecule has 2 N–H and O–H groups in total. The first-order valence-corrected chi connectivity index (χ1v) is 8.07. The summed E-state index contributed by atoms with van der Waals surface area (Å²) in [5, 5.41) is 46.1. The molecule has 0 fully saturated rings. The lowest BCUT2D eigenvalue weighted by Crippen LogP contribution is -2.53. The first kappa shape index (κ1) is 17.7. The van der Waals surface area contributed by atoms with E-state index in [-0.39, 0.29) is 22.6 Å². The van der Waals surface area contributed by atoms with E-state index in [0.717, 1.165) is 11.4 Å². The minimum Gasteiger partial charge on any atom is -0.744 e. The van der Waals surface area contributed by atoms with Gasteiger partial charge in [-0.1, -0.05) is 0 Å². The van der Waals surface area contributed by atoms with E-state index in [4.69, 9.17) is 0 Å². The van der Waals surface area contributed by atoms with Gasteiger partial charge in [-0.05, 0) is 24.3 Å². The average Bonchev–Trinajstić information content (AvgIpc) is 2.57. The molecule has 2 aromatic carbocycles. The van der Waals surface area contributed by atoms with Crippen LogP contribution in [0.25, 0.3) is 0 Å². The van der Waals surface area contributed by atoms with E-state index in [9.17, 15) is 20.4 Å². The minimum absolute atomic E-state index is 0.143. The van der Waals surface area contributed by atoms with Crippen LogP contribution in [0, 0.1) is 12.2 Å². The van der Waals surface area contributed by atoms with Gasteiger partial charge >= 0.3 is 11.8 Å². The van der Waals surface area contributed by atoms with Crippen molar-refractivity contribution in [3.63, 3.8) is 0 Å². The van der Waals surface area contributed by atoms with Crippen LogP contribution < -0.4 is 20.0 Å². The van der Waals surface area contributed by atoms with E-state index in [2.05, 4.69) is 6.08 Å². The second kappa shape index (κ2) is 6.02. The smallest absolute Gasteiger partial charge is 0.449 e. The first-order valence-electron chi connectivity index (χ1n) is 8.07. The van der Waals surface area contributed by atoms with Gasteiger partial charge in [-0.2, -0.15) is 0 Å². The van der Waals surface area contributed by atoms with Gasteiger partial charge in [0.15, 0.2) is 0 Å². The van der Waals surface area contributed by atoms with Crippen molar-refractivity contribution in [1.29, 1.82) is 0 Å². The number of hydrogen-bond acceptors (Lipinski definition) is 6. The quantitative estimate of drug-likeness (QED) is 0.777. The Balaban J connectivity index is 2.21. The highest BCUT2D eigenvalue weighted by atomic mass is 16.3. The fourth-order valence-corrected chi connectivity index (χ4v) is 3.20. The van der Waals surface area contributed by atoms with E-state index < -0.39 is 17.3 Å². The van der Waals surface area contributed by atoms with Crippen LogP contribution in [-0.2, 0) is 5.41 Å². The highest BCUT2D eigenvalue weighted by molar-refractivity contribution is 5.68. The van der Waals surface area contributed by atoms with Crippen molar-refractivity contribution in [3.8, 4) is 11.5 Å². The maximum atomic E-state index is 12.5. The van der Waals surface area contributed by atoms with Crippen LogP contribution in [0.1, 0.15) is 11.1 Å². The molecule has 0 amide bonds. The lowest BCUT2D eigenvalue weighted by Gasteiger charge is -2.33. The van der Waals surface area contributed by atoms with Gasteiger partial charge in [-0.25, -0.2) is 0 Å². The van der Waals surface area contributed by atoms with Crippen LogP contribution in [0.3, 0.4) is 0 Å². The molecular weight excluding hydrogens is 332 g/mol. The molecule has 0 bridgehead atoms. The van der Waals surface area contributed by atoms with Crippen molar-refractivity contribution in [1.82, 2.24) is 0 Å². The maximum absolute atomic E-state index is 12.5. The number of anilines is 2. The van der Waals surface area contributed by atoms with Gasteiger partial charge < -0.3 is 30.2 Å². The fraction of sp³-hybridized carbons (Fsp3) is 0.250. The molecule has 0 aromatic heterocycles. The third-order valence-corrected chi connectivity index (χ3v) is 4.71. The monoisotopic (exact) mass is 352 g/mol. The van der Waals surface area contributed by atoms with Crippen molar-refractivity contribution in [2.45, 2.75) is 5.41 Å². The van der Waals surface area contributed by atoms with E-state index in [0.29, 0.717) is 0 Å². The summed E-state index contributed by atoms with van der Waals surface area (Å²) in [5.41, 5.74) is -0.0276. The summed E-state index contributed by atoms with van der Waals surface area (Å²) < 4.78 is 0. The number of nitrogens with zero attached hydrogens (tertiary/aromatic N) is 2. The zero-order valence-corrected chi connectivity index (χ0v) is 15.1. The standard InChI is InChI=1S/C20H20N2O4/c1-21(2)12-5-7-14(16(23)9-12)20(18(25)11-19(20)26)15-8-6-13(22(3)4)10-17(15)24/h5-10H,1-4H3,(H2-,23,24,25). The third-order valence-electron chi connectivity index (χ3n) is 4.71. The van der Waals surface area contributed by atoms with Gasteiger partial charge in [0, 0.05) is 51.7 Å². The summed E-state index contributed by atoms with van der Waals surface area (Å²) in [6.45, 7) is 0. The molecule has 3 rings (SSSR count). The Bertz CT molecular complexity index is 817. The molecule has 0 atom stereocenters. The van der Waals surface area contributed by atoms with Crippen LogP contribution in [0.2, 0.25) is 0 Å². The summed E-state index contributed by atoms with van der Waals surface area (Å²) >= 11 is 0. The van der Waals surface area contributed by atoms with Crippen molar-refractivity contribution < 1.29 is 20.4 Å². The van der Waals surface area contributed by atoms with Crippen LogP contribution in [-0.4, -0.2) is 38.4 Å². The van der Waals surface area contributed by atoms with Gasteiger partial charge in [-0.15, -0.1) is 0 Å². The second-order valence-corrected chi connectivity index (χ2v) is 6.73. The predicted octanol–water partition coefficient (Wildman–Crippen LogP) is 0.469. The summed E-state index contributed by atoms with van der Waals surface area (Å²) in [4.78, 5) is 3.59. The fourth-order valence-electron chi connectivity index (χ4n) is 3.20. The molecule has 0 unspecified atom stereocenters. The molecule has 0 saturated heterocycles. The zero-order valence-electron chi connectivity index (χ0n) is 15.1. The molecule has 0 spiro atoms.